The monoisotopic (exact) mass is 1560 g/mol. The first-order chi connectivity index (χ1) is 50.9. The van der Waals surface area contributed by atoms with Crippen molar-refractivity contribution in [3.05, 3.63) is 230 Å². The van der Waals surface area contributed by atoms with Gasteiger partial charge in [0.2, 0.25) is 11.6 Å². The number of amides is 2. The molecule has 2 amide bonds. The minimum absolute atomic E-state index is 0.0344. The highest BCUT2D eigenvalue weighted by molar-refractivity contribution is 9.10. The van der Waals surface area contributed by atoms with Gasteiger partial charge in [-0.15, -0.1) is 10.2 Å². The average molecular weight is 1560 g/mol. The number of pyridine rings is 2. The molecule has 109 heavy (non-hydrogen) atoms. The van der Waals surface area contributed by atoms with Crippen LogP contribution >= 0.6 is 15.9 Å². The smallest absolute Gasteiger partial charge is 0.338 e. The Balaban J connectivity index is 0.000000185. The summed E-state index contributed by atoms with van der Waals surface area (Å²) in [5, 5.41) is 46.3. The van der Waals surface area contributed by atoms with E-state index in [1.165, 1.54) is 54.2 Å². The summed E-state index contributed by atoms with van der Waals surface area (Å²) in [5.74, 6) is -4.93. The zero-order chi connectivity index (χ0) is 80.5. The number of nitrogens with one attached hydrogen (secondary N) is 3. The minimum atomic E-state index is -1.28. The fraction of sp³-hybridized carbons (Fsp3) is 0.333. The van der Waals surface area contributed by atoms with Gasteiger partial charge < -0.3 is 39.5 Å². The molecule has 0 saturated heterocycles. The van der Waals surface area contributed by atoms with Gasteiger partial charge in [0.15, 0.2) is 0 Å². The Bertz CT molecular complexity index is 5040. The maximum atomic E-state index is 14.8. The summed E-state index contributed by atoms with van der Waals surface area (Å²) in [6.07, 6.45) is 14.2. The number of rotatable bonds is 13. The molecule has 0 atom stereocenters. The van der Waals surface area contributed by atoms with Gasteiger partial charge in [-0.2, -0.15) is 0 Å². The number of anilines is 2. The van der Waals surface area contributed by atoms with E-state index in [1.807, 2.05) is 73.3 Å². The Morgan fingerprint density at radius 3 is 1.12 bits per heavy atom. The maximum Gasteiger partial charge on any atom is 0.338 e. The molecular formula is C78H89BrF4N20O6. The summed E-state index contributed by atoms with van der Waals surface area (Å²) < 4.78 is 65.3. The number of tetrazole rings is 2. The molecule has 12 aromatic rings. The van der Waals surface area contributed by atoms with Crippen molar-refractivity contribution in [3.8, 4) is 40.1 Å². The number of hydrogen-bond acceptors (Lipinski definition) is 16. The van der Waals surface area contributed by atoms with Crippen molar-refractivity contribution in [1.29, 1.82) is 0 Å². The number of nitrogens with zero attached hydrogens (tertiary/aromatic N) is 17. The Morgan fingerprint density at radius 1 is 0.477 bits per heavy atom. The van der Waals surface area contributed by atoms with E-state index in [4.69, 9.17) is 10.2 Å². The van der Waals surface area contributed by atoms with Gasteiger partial charge in [0, 0.05) is 56.6 Å². The van der Waals surface area contributed by atoms with Crippen molar-refractivity contribution in [2.75, 3.05) is 10.6 Å². The van der Waals surface area contributed by atoms with Gasteiger partial charge >= 0.3 is 11.9 Å². The first-order valence-corrected chi connectivity index (χ1v) is 35.3. The zero-order valence-corrected chi connectivity index (χ0v) is 66.0. The number of benzene rings is 4. The molecule has 0 fully saturated rings. The van der Waals surface area contributed by atoms with E-state index in [0.717, 1.165) is 17.1 Å². The standard InChI is InChI=1S/2C24H27FN8O.C15H17FN2O2.C8H6BrFO2.C7H12N2/c2*1-14(2)33-22(29-30-31-33)18-8-7-9-21(27-18)28-23(34)16-11-19(15(3)10-17(16)25)32-12-20(26-13-32)24(4,5)6;1-9-5-11(16)10(14(19)20)6-12(9)18-7-13(17-8-18)15(2,3)4;1-4-2-7(10)5(8(11)12)3-6(4)9;1-7(2,3)6-4-8-5-9-6/h2*7-14H,1-6H3,(H,27,28,34);5-8H,1-4H3,(H,19,20);2-3H,1H3,(H,11,12);4-5H,1-3H3,(H,8,9). The SMILES string of the molecule is CC(C)(C)c1cnc[nH]1.Cc1cc(F)c(C(=O)Nc2cccc(-c3nnnn3C(C)C)n2)cc1-n1cnc(C(C)(C)C)c1.Cc1cc(F)c(C(=O)Nc2cccc(-c3nnnn3C(C)C)n2)cc1-n1cnc(C(C)(C)C)c1.Cc1cc(F)c(C(=O)O)cc1-n1cnc(C(C)(C)C)c1.Cc1cc(F)c(C(=O)O)cc1Br. The highest BCUT2D eigenvalue weighted by Crippen LogP contribution is 2.31. The van der Waals surface area contributed by atoms with Crippen LogP contribution in [-0.2, 0) is 21.7 Å². The number of aromatic carboxylic acids is 2. The number of H-pyrrole nitrogens is 1. The summed E-state index contributed by atoms with van der Waals surface area (Å²) in [5.41, 5.74) is 8.53. The highest BCUT2D eigenvalue weighted by atomic mass is 79.9. The number of aromatic nitrogens is 18. The predicted molar refractivity (Wildman–Crippen MR) is 410 cm³/mol. The van der Waals surface area contributed by atoms with Crippen LogP contribution in [0.3, 0.4) is 0 Å². The van der Waals surface area contributed by atoms with Crippen molar-refractivity contribution >= 4 is 51.3 Å². The Hall–Kier alpha value is -11.8. The number of carbonyl (C=O) groups is 4. The lowest BCUT2D eigenvalue weighted by Crippen LogP contribution is -2.16. The zero-order valence-electron chi connectivity index (χ0n) is 64.4. The van der Waals surface area contributed by atoms with E-state index < -0.39 is 47.0 Å². The molecule has 26 nitrogen and oxygen atoms in total. The molecular weight excluding hydrogens is 1470 g/mol. The number of imidazole rings is 4. The van der Waals surface area contributed by atoms with E-state index >= 15 is 0 Å². The quantitative estimate of drug-likeness (QED) is 0.0670. The topological polar surface area (TPSA) is 328 Å². The summed E-state index contributed by atoms with van der Waals surface area (Å²) in [4.78, 5) is 76.6. The van der Waals surface area contributed by atoms with Crippen LogP contribution in [0.25, 0.3) is 40.1 Å². The van der Waals surface area contributed by atoms with Gasteiger partial charge in [-0.1, -0.05) is 111 Å². The molecule has 8 aromatic heterocycles. The molecule has 0 aliphatic rings. The van der Waals surface area contributed by atoms with Gasteiger partial charge in [-0.25, -0.2) is 66.4 Å². The number of carboxylic acids is 2. The number of aromatic amines is 1. The predicted octanol–water partition coefficient (Wildman–Crippen LogP) is 16.6. The third kappa shape index (κ3) is 20.9. The molecule has 4 aromatic carbocycles. The third-order valence-electron chi connectivity index (χ3n) is 16.7. The van der Waals surface area contributed by atoms with Gasteiger partial charge in [-0.05, 0) is 171 Å². The number of hydrogen-bond donors (Lipinski definition) is 5. The van der Waals surface area contributed by atoms with Gasteiger partial charge in [0.1, 0.15) is 46.3 Å². The van der Waals surface area contributed by atoms with Crippen molar-refractivity contribution in [3.63, 3.8) is 0 Å². The van der Waals surface area contributed by atoms with E-state index in [9.17, 15) is 36.7 Å². The molecule has 12 rings (SSSR count). The van der Waals surface area contributed by atoms with E-state index in [2.05, 4.69) is 155 Å². The molecule has 0 bridgehead atoms. The Morgan fingerprint density at radius 2 is 0.817 bits per heavy atom. The summed E-state index contributed by atoms with van der Waals surface area (Å²) in [6.45, 7) is 39.8. The highest BCUT2D eigenvalue weighted by Gasteiger charge is 2.26. The molecule has 31 heteroatoms. The van der Waals surface area contributed by atoms with Crippen LogP contribution < -0.4 is 10.6 Å². The van der Waals surface area contributed by atoms with Crippen molar-refractivity contribution in [1.82, 2.24) is 89.0 Å². The van der Waals surface area contributed by atoms with Crippen LogP contribution in [0.2, 0.25) is 0 Å². The van der Waals surface area contributed by atoms with Crippen molar-refractivity contribution in [2.24, 2.45) is 0 Å². The molecule has 0 aliphatic carbocycles. The molecule has 0 aliphatic heterocycles. The minimum Gasteiger partial charge on any atom is -0.478 e. The molecule has 5 N–H and O–H groups in total. The summed E-state index contributed by atoms with van der Waals surface area (Å²) in [7, 11) is 0. The Labute approximate surface area is 637 Å². The fourth-order valence-electron chi connectivity index (χ4n) is 10.4. The number of carbonyl (C=O) groups excluding carboxylic acids is 2. The second kappa shape index (κ2) is 34.0. The van der Waals surface area contributed by atoms with Crippen LogP contribution in [0.1, 0.15) is 209 Å². The van der Waals surface area contributed by atoms with Crippen LogP contribution in [0.5, 0.6) is 0 Å². The molecule has 0 spiro atoms. The van der Waals surface area contributed by atoms with Gasteiger partial charge in [0.05, 0.1) is 93.8 Å². The molecule has 0 unspecified atom stereocenters. The first kappa shape index (κ1) is 82.9. The lowest BCUT2D eigenvalue weighted by atomic mass is 9.93. The van der Waals surface area contributed by atoms with Crippen molar-refractivity contribution in [2.45, 2.75) is 172 Å². The van der Waals surface area contributed by atoms with Crippen LogP contribution in [0, 0.1) is 51.0 Å². The van der Waals surface area contributed by atoms with Gasteiger partial charge in [0.25, 0.3) is 11.8 Å². The third-order valence-corrected chi connectivity index (χ3v) is 17.5. The fourth-order valence-corrected chi connectivity index (χ4v) is 10.7. The normalized spacial score (nSPS) is 11.6. The summed E-state index contributed by atoms with van der Waals surface area (Å²) in [6, 6.07) is 21.0. The number of carboxylic acid groups (broad SMARTS) is 2. The van der Waals surface area contributed by atoms with Crippen LogP contribution in [0.15, 0.2) is 139 Å². The van der Waals surface area contributed by atoms with E-state index in [1.54, 1.807) is 112 Å². The number of halogens is 5. The van der Waals surface area contributed by atoms with Gasteiger partial charge in [-0.3, -0.25) is 9.59 Å². The second-order valence-electron chi connectivity index (χ2n) is 30.3. The molecule has 0 radical (unpaired) electrons. The van der Waals surface area contributed by atoms with E-state index in [0.29, 0.717) is 66.8 Å². The van der Waals surface area contributed by atoms with Crippen molar-refractivity contribution < 1.29 is 47.0 Å². The lowest BCUT2D eigenvalue weighted by molar-refractivity contribution is 0.0680. The Kier molecular flexibility index (Phi) is 25.9. The molecule has 8 heterocycles. The first-order valence-electron chi connectivity index (χ1n) is 34.5. The van der Waals surface area contributed by atoms with Crippen LogP contribution in [0.4, 0.5) is 29.2 Å². The largest absolute Gasteiger partial charge is 0.478 e. The summed E-state index contributed by atoms with van der Waals surface area (Å²) >= 11 is 3.12. The molecule has 572 valence electrons. The second-order valence-corrected chi connectivity index (χ2v) is 31.2. The molecule has 0 saturated carbocycles. The lowest BCUT2D eigenvalue weighted by Gasteiger charge is -2.15. The average Bonchev–Trinajstić information content (AvgIpc) is 1.71. The van der Waals surface area contributed by atoms with E-state index in [-0.39, 0.29) is 67.6 Å². The number of aryl methyl sites for hydroxylation is 4. The van der Waals surface area contributed by atoms with Crippen LogP contribution in [-0.4, -0.2) is 123 Å². The maximum absolute atomic E-state index is 14.8.